The van der Waals surface area contributed by atoms with Gasteiger partial charge in [-0.3, -0.25) is 4.79 Å². The van der Waals surface area contributed by atoms with Crippen molar-refractivity contribution >= 4 is 5.78 Å². The van der Waals surface area contributed by atoms with E-state index in [1.807, 2.05) is 0 Å². The molecule has 1 aromatic rings. The summed E-state index contributed by atoms with van der Waals surface area (Å²) in [5, 5.41) is 9.66. The van der Waals surface area contributed by atoms with Gasteiger partial charge in [0.2, 0.25) is 0 Å². The fraction of sp³-hybridized carbons (Fsp3) is 0.417. The predicted molar refractivity (Wildman–Crippen MR) is 56.1 cm³/mol. The van der Waals surface area contributed by atoms with Gasteiger partial charge in [0.1, 0.15) is 11.9 Å². The number of rotatable bonds is 4. The van der Waals surface area contributed by atoms with Gasteiger partial charge in [0, 0.05) is 5.56 Å². The monoisotopic (exact) mass is 206 g/mol. The Morgan fingerprint density at radius 3 is 2.47 bits per heavy atom. The highest BCUT2D eigenvalue weighted by Crippen LogP contribution is 2.34. The largest absolute Gasteiger partial charge is 0.497 e. The van der Waals surface area contributed by atoms with Gasteiger partial charge in [-0.15, -0.1) is 0 Å². The molecule has 15 heavy (non-hydrogen) atoms. The number of hydrogen-bond donors (Lipinski definition) is 1. The van der Waals surface area contributed by atoms with Gasteiger partial charge in [-0.05, 0) is 43.0 Å². The SMILES string of the molecule is COc1ccc(C(=O)C(O)C2CC2)cc1. The molecule has 1 N–H and O–H groups in total. The molecule has 0 aromatic heterocycles. The third-order valence-corrected chi connectivity index (χ3v) is 2.71. The van der Waals surface area contributed by atoms with Gasteiger partial charge in [0.25, 0.3) is 0 Å². The van der Waals surface area contributed by atoms with Crippen LogP contribution >= 0.6 is 0 Å². The minimum absolute atomic E-state index is 0.180. The smallest absolute Gasteiger partial charge is 0.191 e. The van der Waals surface area contributed by atoms with Crippen LogP contribution in [-0.2, 0) is 0 Å². The molecule has 1 aliphatic rings. The van der Waals surface area contributed by atoms with Crippen LogP contribution in [-0.4, -0.2) is 24.1 Å². The molecule has 3 nitrogen and oxygen atoms in total. The molecule has 0 radical (unpaired) electrons. The third kappa shape index (κ3) is 2.18. The summed E-state index contributed by atoms with van der Waals surface area (Å²) < 4.78 is 5.00. The Hall–Kier alpha value is -1.35. The van der Waals surface area contributed by atoms with E-state index in [2.05, 4.69) is 0 Å². The lowest BCUT2D eigenvalue weighted by atomic mass is 10.0. The minimum atomic E-state index is -0.821. The Morgan fingerprint density at radius 1 is 1.40 bits per heavy atom. The van der Waals surface area contributed by atoms with Gasteiger partial charge in [-0.2, -0.15) is 0 Å². The molecule has 0 heterocycles. The van der Waals surface area contributed by atoms with Crippen LogP contribution in [0.1, 0.15) is 23.2 Å². The van der Waals surface area contributed by atoms with E-state index >= 15 is 0 Å². The molecule has 1 aliphatic carbocycles. The zero-order valence-electron chi connectivity index (χ0n) is 8.64. The van der Waals surface area contributed by atoms with Gasteiger partial charge in [-0.25, -0.2) is 0 Å². The van der Waals surface area contributed by atoms with Crippen molar-refractivity contribution in [1.82, 2.24) is 0 Å². The number of methoxy groups -OCH3 is 1. The Morgan fingerprint density at radius 2 is 2.00 bits per heavy atom. The van der Waals surface area contributed by atoms with Crippen LogP contribution in [0.2, 0.25) is 0 Å². The summed E-state index contributed by atoms with van der Waals surface area (Å²) in [5.41, 5.74) is 0.551. The summed E-state index contributed by atoms with van der Waals surface area (Å²) in [4.78, 5) is 11.7. The van der Waals surface area contributed by atoms with Crippen LogP contribution in [0.3, 0.4) is 0 Å². The van der Waals surface area contributed by atoms with Gasteiger partial charge >= 0.3 is 0 Å². The van der Waals surface area contributed by atoms with Gasteiger partial charge in [0.05, 0.1) is 7.11 Å². The highest BCUT2D eigenvalue weighted by atomic mass is 16.5. The van der Waals surface area contributed by atoms with E-state index in [-0.39, 0.29) is 11.7 Å². The van der Waals surface area contributed by atoms with Gasteiger partial charge in [0.15, 0.2) is 5.78 Å². The maximum absolute atomic E-state index is 11.7. The Kier molecular flexibility index (Phi) is 2.73. The maximum Gasteiger partial charge on any atom is 0.191 e. The van der Waals surface area contributed by atoms with Crippen molar-refractivity contribution in [3.63, 3.8) is 0 Å². The molecular formula is C12H14O3. The van der Waals surface area contributed by atoms with Crippen LogP contribution in [0.5, 0.6) is 5.75 Å². The zero-order valence-corrected chi connectivity index (χ0v) is 8.64. The average molecular weight is 206 g/mol. The molecule has 3 heteroatoms. The van der Waals surface area contributed by atoms with Crippen LogP contribution in [0.4, 0.5) is 0 Å². The summed E-state index contributed by atoms with van der Waals surface area (Å²) in [6.07, 6.45) is 1.10. The first kappa shape index (κ1) is 10.2. The van der Waals surface area contributed by atoms with Crippen LogP contribution in [0.15, 0.2) is 24.3 Å². The minimum Gasteiger partial charge on any atom is -0.497 e. The van der Waals surface area contributed by atoms with E-state index in [1.54, 1.807) is 31.4 Å². The molecule has 1 fully saturated rings. The van der Waals surface area contributed by atoms with Gasteiger partial charge in [-0.1, -0.05) is 0 Å². The van der Waals surface area contributed by atoms with Crippen molar-refractivity contribution in [2.24, 2.45) is 5.92 Å². The number of carbonyl (C=O) groups is 1. The molecule has 1 aromatic carbocycles. The predicted octanol–water partition coefficient (Wildman–Crippen LogP) is 1.65. The number of benzene rings is 1. The first-order chi connectivity index (χ1) is 7.22. The van der Waals surface area contributed by atoms with Crippen molar-refractivity contribution in [2.45, 2.75) is 18.9 Å². The van der Waals surface area contributed by atoms with Crippen LogP contribution < -0.4 is 4.74 Å². The Labute approximate surface area is 88.7 Å². The summed E-state index contributed by atoms with van der Waals surface area (Å²) in [6, 6.07) is 6.83. The topological polar surface area (TPSA) is 46.5 Å². The summed E-state index contributed by atoms with van der Waals surface area (Å²) in [6.45, 7) is 0. The quantitative estimate of drug-likeness (QED) is 0.762. The number of aliphatic hydroxyl groups is 1. The summed E-state index contributed by atoms with van der Waals surface area (Å²) in [5.74, 6) is 0.715. The lowest BCUT2D eigenvalue weighted by Crippen LogP contribution is -2.22. The molecule has 0 aliphatic heterocycles. The van der Waals surface area contributed by atoms with Crippen molar-refractivity contribution < 1.29 is 14.6 Å². The van der Waals surface area contributed by atoms with Crippen molar-refractivity contribution in [1.29, 1.82) is 0 Å². The molecule has 80 valence electrons. The highest BCUT2D eigenvalue weighted by Gasteiger charge is 2.34. The zero-order chi connectivity index (χ0) is 10.8. The first-order valence-electron chi connectivity index (χ1n) is 5.08. The summed E-state index contributed by atoms with van der Waals surface area (Å²) >= 11 is 0. The second-order valence-electron chi connectivity index (χ2n) is 3.88. The molecule has 0 saturated heterocycles. The number of ketones is 1. The fourth-order valence-corrected chi connectivity index (χ4v) is 1.55. The Balaban J connectivity index is 2.10. The van der Waals surface area contributed by atoms with Crippen molar-refractivity contribution in [3.8, 4) is 5.75 Å². The molecule has 0 amide bonds. The van der Waals surface area contributed by atoms with Crippen molar-refractivity contribution in [2.75, 3.05) is 7.11 Å². The van der Waals surface area contributed by atoms with Crippen molar-refractivity contribution in [3.05, 3.63) is 29.8 Å². The highest BCUT2D eigenvalue weighted by molar-refractivity contribution is 5.99. The van der Waals surface area contributed by atoms with E-state index in [1.165, 1.54) is 0 Å². The Bertz CT molecular complexity index is 352. The molecule has 1 saturated carbocycles. The number of Topliss-reactive ketones (excluding diaryl/α,β-unsaturated/α-hetero) is 1. The number of ether oxygens (including phenoxy) is 1. The lowest BCUT2D eigenvalue weighted by Gasteiger charge is -2.08. The molecule has 2 rings (SSSR count). The van der Waals surface area contributed by atoms with E-state index in [9.17, 15) is 9.90 Å². The molecule has 0 bridgehead atoms. The third-order valence-electron chi connectivity index (χ3n) is 2.71. The molecule has 1 unspecified atom stereocenters. The van der Waals surface area contributed by atoms with E-state index in [0.717, 1.165) is 12.8 Å². The number of aliphatic hydroxyl groups excluding tert-OH is 1. The van der Waals surface area contributed by atoms with Crippen LogP contribution in [0, 0.1) is 5.92 Å². The molecule has 1 atom stereocenters. The number of carbonyl (C=O) groups excluding carboxylic acids is 1. The van der Waals surface area contributed by atoms with Gasteiger partial charge < -0.3 is 9.84 Å². The fourth-order valence-electron chi connectivity index (χ4n) is 1.55. The lowest BCUT2D eigenvalue weighted by molar-refractivity contribution is 0.0704. The van der Waals surface area contributed by atoms with E-state index in [0.29, 0.717) is 11.3 Å². The standard InChI is InChI=1S/C12H14O3/c1-15-10-6-4-9(5-7-10)12(14)11(13)8-2-3-8/h4-8,11,13H,2-3H2,1H3. The maximum atomic E-state index is 11.7. The second kappa shape index (κ2) is 4.03. The van der Waals surface area contributed by atoms with Crippen LogP contribution in [0.25, 0.3) is 0 Å². The first-order valence-corrected chi connectivity index (χ1v) is 5.08. The molecule has 0 spiro atoms. The normalized spacial score (nSPS) is 17.2. The summed E-state index contributed by atoms with van der Waals surface area (Å²) in [7, 11) is 1.58. The molecular weight excluding hydrogens is 192 g/mol. The number of hydrogen-bond acceptors (Lipinski definition) is 3. The second-order valence-corrected chi connectivity index (χ2v) is 3.88. The van der Waals surface area contributed by atoms with E-state index < -0.39 is 6.10 Å². The van der Waals surface area contributed by atoms with E-state index in [4.69, 9.17) is 4.74 Å². The average Bonchev–Trinajstić information content (AvgIpc) is 3.11.